The van der Waals surface area contributed by atoms with E-state index in [1.54, 1.807) is 0 Å². The molecular weight excluding hydrogens is 234 g/mol. The van der Waals surface area contributed by atoms with Crippen LogP contribution in [0, 0.1) is 0 Å². The van der Waals surface area contributed by atoms with Crippen molar-refractivity contribution in [2.75, 3.05) is 0 Å². The van der Waals surface area contributed by atoms with E-state index in [9.17, 15) is 0 Å². The fourth-order valence-electron chi connectivity index (χ4n) is 2.38. The van der Waals surface area contributed by atoms with Gasteiger partial charge in [-0.15, -0.1) is 0 Å². The second kappa shape index (κ2) is 5.24. The maximum atomic E-state index is 5.84. The minimum absolute atomic E-state index is 0.563. The third kappa shape index (κ3) is 2.51. The molecule has 2 aromatic heterocycles. The van der Waals surface area contributed by atoms with Gasteiger partial charge in [-0.25, -0.2) is 4.98 Å². The molecule has 0 saturated heterocycles. The van der Waals surface area contributed by atoms with E-state index < -0.39 is 0 Å². The van der Waals surface area contributed by atoms with Crippen molar-refractivity contribution in [2.45, 2.75) is 19.4 Å². The van der Waals surface area contributed by atoms with Crippen LogP contribution in [0.3, 0.4) is 0 Å². The lowest BCUT2D eigenvalue weighted by Crippen LogP contribution is -2.05. The molecule has 2 N–H and O–H groups in total. The highest BCUT2D eigenvalue weighted by Gasteiger charge is 2.05. The molecule has 0 spiro atoms. The molecule has 1 aromatic carbocycles. The van der Waals surface area contributed by atoms with Crippen LogP contribution in [0.5, 0.6) is 0 Å². The number of imidazole rings is 1. The summed E-state index contributed by atoms with van der Waals surface area (Å²) in [5, 5.41) is 0. The van der Waals surface area contributed by atoms with Crippen molar-refractivity contribution in [3.05, 3.63) is 71.7 Å². The van der Waals surface area contributed by atoms with Crippen molar-refractivity contribution in [1.29, 1.82) is 0 Å². The highest BCUT2D eigenvalue weighted by Crippen LogP contribution is 2.15. The fourth-order valence-corrected chi connectivity index (χ4v) is 2.38. The Bertz CT molecular complexity index is 671. The smallest absolute Gasteiger partial charge is 0.136 e. The van der Waals surface area contributed by atoms with Crippen LogP contribution in [0.2, 0.25) is 0 Å². The molecular formula is C16H17N3. The largest absolute Gasteiger partial charge is 0.326 e. The topological polar surface area (TPSA) is 43.3 Å². The Morgan fingerprint density at radius 3 is 2.68 bits per heavy atom. The summed E-state index contributed by atoms with van der Waals surface area (Å²) in [4.78, 5) is 4.29. The number of nitrogens with zero attached hydrogens (tertiary/aromatic N) is 2. The molecule has 3 rings (SSSR count). The van der Waals surface area contributed by atoms with Crippen LogP contribution in [0.4, 0.5) is 0 Å². The number of hydrogen-bond acceptors (Lipinski definition) is 2. The van der Waals surface area contributed by atoms with Crippen molar-refractivity contribution in [3.8, 4) is 0 Å². The first-order valence-corrected chi connectivity index (χ1v) is 6.55. The highest BCUT2D eigenvalue weighted by molar-refractivity contribution is 5.44. The summed E-state index contributed by atoms with van der Waals surface area (Å²) in [6, 6.07) is 12.6. The first-order valence-electron chi connectivity index (χ1n) is 6.55. The van der Waals surface area contributed by atoms with Crippen LogP contribution >= 0.6 is 0 Å². The Morgan fingerprint density at radius 2 is 1.89 bits per heavy atom. The third-order valence-corrected chi connectivity index (χ3v) is 3.46. The number of nitrogens with two attached hydrogens (primary N) is 1. The molecule has 0 amide bonds. The van der Waals surface area contributed by atoms with Gasteiger partial charge in [-0.05, 0) is 35.6 Å². The molecule has 0 radical (unpaired) electrons. The monoisotopic (exact) mass is 251 g/mol. The van der Waals surface area contributed by atoms with Crippen LogP contribution in [-0.2, 0) is 19.4 Å². The van der Waals surface area contributed by atoms with E-state index in [0.717, 1.165) is 18.5 Å². The van der Waals surface area contributed by atoms with Crippen LogP contribution < -0.4 is 5.73 Å². The number of hydrogen-bond donors (Lipinski definition) is 1. The maximum Gasteiger partial charge on any atom is 0.136 e. The maximum absolute atomic E-state index is 5.84. The Balaban J connectivity index is 1.86. The van der Waals surface area contributed by atoms with Gasteiger partial charge in [0.25, 0.3) is 0 Å². The van der Waals surface area contributed by atoms with Gasteiger partial charge in [0.05, 0.1) is 0 Å². The number of aryl methyl sites for hydroxylation is 2. The van der Waals surface area contributed by atoms with Crippen LogP contribution in [0.25, 0.3) is 5.65 Å². The molecule has 0 unspecified atom stereocenters. The van der Waals surface area contributed by atoms with Gasteiger partial charge in [-0.2, -0.15) is 0 Å². The van der Waals surface area contributed by atoms with E-state index in [4.69, 9.17) is 5.73 Å². The average Bonchev–Trinajstić information content (AvgIpc) is 2.92. The lowest BCUT2D eigenvalue weighted by atomic mass is 10.0. The van der Waals surface area contributed by atoms with Gasteiger partial charge in [-0.3, -0.25) is 0 Å². The molecule has 3 heteroatoms. The summed E-state index contributed by atoms with van der Waals surface area (Å²) in [7, 11) is 0. The van der Waals surface area contributed by atoms with E-state index in [1.165, 1.54) is 16.7 Å². The minimum atomic E-state index is 0.563. The van der Waals surface area contributed by atoms with Crippen LogP contribution in [0.15, 0.2) is 55.0 Å². The van der Waals surface area contributed by atoms with Crippen LogP contribution in [-0.4, -0.2) is 9.38 Å². The summed E-state index contributed by atoms with van der Waals surface area (Å²) < 4.78 is 2.06. The molecule has 96 valence electrons. The molecule has 3 aromatic rings. The average molecular weight is 251 g/mol. The minimum Gasteiger partial charge on any atom is -0.326 e. The predicted octanol–water partition coefficient (Wildman–Crippen LogP) is 2.58. The Hall–Kier alpha value is -2.13. The van der Waals surface area contributed by atoms with Gasteiger partial charge in [0.2, 0.25) is 0 Å². The van der Waals surface area contributed by atoms with Gasteiger partial charge < -0.3 is 10.1 Å². The van der Waals surface area contributed by atoms with Crippen molar-refractivity contribution < 1.29 is 0 Å². The Morgan fingerprint density at radius 1 is 1.05 bits per heavy atom. The molecule has 19 heavy (non-hydrogen) atoms. The number of benzene rings is 1. The second-order valence-electron chi connectivity index (χ2n) is 4.71. The fraction of sp³-hybridized carbons (Fsp3) is 0.188. The zero-order valence-electron chi connectivity index (χ0n) is 10.8. The Kier molecular flexibility index (Phi) is 3.29. The molecule has 0 saturated carbocycles. The standard InChI is InChI=1S/C16H17N3/c17-11-15-10-16-18-8-9-19(16)12-14(15)7-6-13-4-2-1-3-5-13/h1-5,8-10,12H,6-7,11,17H2. The molecule has 3 nitrogen and oxygen atoms in total. The summed E-state index contributed by atoms with van der Waals surface area (Å²) in [6.45, 7) is 0.563. The quantitative estimate of drug-likeness (QED) is 0.774. The number of pyridine rings is 1. The predicted molar refractivity (Wildman–Crippen MR) is 76.9 cm³/mol. The lowest BCUT2D eigenvalue weighted by molar-refractivity contribution is 0.904. The third-order valence-electron chi connectivity index (χ3n) is 3.46. The SMILES string of the molecule is NCc1cc2nccn2cc1CCc1ccccc1. The molecule has 2 heterocycles. The van der Waals surface area contributed by atoms with E-state index in [-0.39, 0.29) is 0 Å². The van der Waals surface area contributed by atoms with Crippen LogP contribution in [0.1, 0.15) is 16.7 Å². The van der Waals surface area contributed by atoms with E-state index in [2.05, 4.69) is 45.9 Å². The van der Waals surface area contributed by atoms with E-state index in [1.807, 2.05) is 18.5 Å². The first-order chi connectivity index (χ1) is 9.36. The van der Waals surface area contributed by atoms with E-state index >= 15 is 0 Å². The van der Waals surface area contributed by atoms with Crippen molar-refractivity contribution in [2.24, 2.45) is 5.73 Å². The molecule has 0 aliphatic rings. The molecule has 0 aliphatic carbocycles. The van der Waals surface area contributed by atoms with Crippen molar-refractivity contribution in [1.82, 2.24) is 9.38 Å². The van der Waals surface area contributed by atoms with Gasteiger partial charge in [0.15, 0.2) is 0 Å². The number of fused-ring (bicyclic) bond motifs is 1. The van der Waals surface area contributed by atoms with Gasteiger partial charge >= 0.3 is 0 Å². The molecule has 0 atom stereocenters. The summed E-state index contributed by atoms with van der Waals surface area (Å²) in [5.74, 6) is 0. The summed E-state index contributed by atoms with van der Waals surface area (Å²) >= 11 is 0. The summed E-state index contributed by atoms with van der Waals surface area (Å²) in [6.07, 6.45) is 7.98. The van der Waals surface area contributed by atoms with Crippen molar-refractivity contribution >= 4 is 5.65 Å². The number of aromatic nitrogens is 2. The number of rotatable bonds is 4. The molecule has 0 aliphatic heterocycles. The zero-order chi connectivity index (χ0) is 13.1. The lowest BCUT2D eigenvalue weighted by Gasteiger charge is -2.09. The van der Waals surface area contributed by atoms with E-state index in [0.29, 0.717) is 6.54 Å². The summed E-state index contributed by atoms with van der Waals surface area (Å²) in [5.41, 5.74) is 10.7. The first kappa shape index (κ1) is 11.9. The molecule has 0 bridgehead atoms. The van der Waals surface area contributed by atoms with Crippen molar-refractivity contribution in [3.63, 3.8) is 0 Å². The van der Waals surface area contributed by atoms with Gasteiger partial charge in [-0.1, -0.05) is 30.3 Å². The second-order valence-corrected chi connectivity index (χ2v) is 4.71. The zero-order valence-corrected chi connectivity index (χ0v) is 10.8. The normalized spacial score (nSPS) is 11.0. The van der Waals surface area contributed by atoms with Gasteiger partial charge in [0, 0.05) is 25.1 Å². The van der Waals surface area contributed by atoms with Gasteiger partial charge in [0.1, 0.15) is 5.65 Å². The highest BCUT2D eigenvalue weighted by atomic mass is 15.0. The Labute approximate surface area is 112 Å². The molecule has 0 fully saturated rings.